The molecule has 2 aromatic rings. The van der Waals surface area contributed by atoms with Crippen molar-refractivity contribution < 1.29 is 67.0 Å². The number of rotatable bonds is 13. The van der Waals surface area contributed by atoms with E-state index in [1.165, 1.54) is 32.6 Å². The second-order valence-corrected chi connectivity index (χ2v) is 11.7. The lowest BCUT2D eigenvalue weighted by atomic mass is 10.2. The van der Waals surface area contributed by atoms with Gasteiger partial charge in [0.1, 0.15) is 17.7 Å². The highest BCUT2D eigenvalue weighted by Gasteiger charge is 2.38. The first kappa shape index (κ1) is 39.2. The van der Waals surface area contributed by atoms with Crippen molar-refractivity contribution in [1.29, 1.82) is 0 Å². The SMILES string of the molecule is CC(=O)O[C@@H](C)C(=O)O[C@@H](C)C(=O)O[C@@H](C)C(=O)O[C@@H](C)C(=O)O[C@@H](C)C(=O)O[C@@H](C)C(=O)N1CC[NH+]=C1Nc1ccc2nccnc2c1Br. The van der Waals surface area contributed by atoms with Crippen LogP contribution in [0.4, 0.5) is 5.69 Å². The Hall–Kier alpha value is -5.20. The summed E-state index contributed by atoms with van der Waals surface area (Å²) < 4.78 is 30.4. The van der Waals surface area contributed by atoms with Gasteiger partial charge < -0.3 is 28.4 Å². The Morgan fingerprint density at radius 2 is 1.14 bits per heavy atom. The first-order valence-corrected chi connectivity index (χ1v) is 16.1. The summed E-state index contributed by atoms with van der Waals surface area (Å²) in [6.07, 6.45) is -5.47. The van der Waals surface area contributed by atoms with Gasteiger partial charge in [-0.05, 0) is 69.6 Å². The predicted octanol–water partition coefficient (Wildman–Crippen LogP) is -0.307. The maximum atomic E-state index is 13.2. The summed E-state index contributed by atoms with van der Waals surface area (Å²) in [6.45, 7) is 9.07. The monoisotopic (exact) mass is 766 g/mol. The van der Waals surface area contributed by atoms with Gasteiger partial charge in [0.2, 0.25) is 0 Å². The van der Waals surface area contributed by atoms with Crippen molar-refractivity contribution in [3.8, 4) is 0 Å². The van der Waals surface area contributed by atoms with Gasteiger partial charge in [0, 0.05) is 19.3 Å². The van der Waals surface area contributed by atoms with Gasteiger partial charge in [0.05, 0.1) is 16.5 Å². The van der Waals surface area contributed by atoms with Gasteiger partial charge in [-0.2, -0.15) is 4.90 Å². The van der Waals surface area contributed by atoms with Gasteiger partial charge >= 0.3 is 47.7 Å². The van der Waals surface area contributed by atoms with Crippen molar-refractivity contribution in [3.05, 3.63) is 29.0 Å². The van der Waals surface area contributed by atoms with Crippen LogP contribution in [0.3, 0.4) is 0 Å². The molecule has 0 bridgehead atoms. The van der Waals surface area contributed by atoms with E-state index in [-0.39, 0.29) is 6.54 Å². The minimum absolute atomic E-state index is 0.272. The summed E-state index contributed by atoms with van der Waals surface area (Å²) in [5, 5.41) is 3.14. The minimum Gasteiger partial charge on any atom is -0.451 e. The zero-order valence-corrected chi connectivity index (χ0v) is 29.8. The maximum absolute atomic E-state index is 13.2. The standard InChI is InChI=1S/C31H36BrN5O13/c1-14(25(39)37-13-12-35-31(37)36-21-8-9-22-24(23(21)32)34-11-10-33-22)46-27(41)16(3)48-29(43)18(5)50-30(44)19(6)49-28(42)17(4)47-26(40)15(2)45-20(7)38/h8-11,14-19H,12-13H2,1-7H3,(H,35,36)/p+1/t14-,15-,16-,17-,18-,19-/m0/s1. The summed E-state index contributed by atoms with van der Waals surface area (Å²) in [5.41, 5.74) is 1.89. The third-order valence-corrected chi connectivity index (χ3v) is 7.61. The number of hydrogen-bond donors (Lipinski definition) is 2. The lowest BCUT2D eigenvalue weighted by molar-refractivity contribution is -0.444. The molecule has 1 aliphatic heterocycles. The van der Waals surface area contributed by atoms with Crippen LogP contribution >= 0.6 is 15.9 Å². The number of nitrogens with zero attached hydrogens (tertiary/aromatic N) is 3. The molecule has 1 amide bonds. The van der Waals surface area contributed by atoms with E-state index >= 15 is 0 Å². The molecule has 270 valence electrons. The molecule has 0 saturated heterocycles. The summed E-state index contributed by atoms with van der Waals surface area (Å²) >= 11 is 3.51. The van der Waals surface area contributed by atoms with E-state index in [0.717, 1.165) is 20.8 Å². The molecule has 0 radical (unpaired) electrons. The Morgan fingerprint density at radius 1 is 0.700 bits per heavy atom. The van der Waals surface area contributed by atoms with Crippen molar-refractivity contribution in [2.24, 2.45) is 0 Å². The topological polar surface area (TPSA) is 230 Å². The van der Waals surface area contributed by atoms with Crippen LogP contribution in [0.5, 0.6) is 0 Å². The van der Waals surface area contributed by atoms with Gasteiger partial charge in [0.25, 0.3) is 0 Å². The number of anilines is 1. The molecule has 1 aromatic heterocycles. The van der Waals surface area contributed by atoms with Crippen molar-refractivity contribution in [1.82, 2.24) is 14.9 Å². The van der Waals surface area contributed by atoms with Crippen molar-refractivity contribution >= 4 is 80.3 Å². The molecule has 0 spiro atoms. The van der Waals surface area contributed by atoms with Gasteiger partial charge in [-0.1, -0.05) is 0 Å². The zero-order chi connectivity index (χ0) is 37.3. The third kappa shape index (κ3) is 10.4. The number of esters is 6. The fourth-order valence-electron chi connectivity index (χ4n) is 4.16. The second kappa shape index (κ2) is 17.5. The molecule has 2 N–H and O–H groups in total. The molecule has 0 fully saturated rings. The first-order valence-electron chi connectivity index (χ1n) is 15.3. The van der Waals surface area contributed by atoms with E-state index in [9.17, 15) is 33.6 Å². The number of benzene rings is 1. The van der Waals surface area contributed by atoms with Crippen LogP contribution in [0.1, 0.15) is 48.5 Å². The molecular weight excluding hydrogens is 730 g/mol. The number of carbonyl (C=O) groups excluding carboxylic acids is 7. The Morgan fingerprint density at radius 3 is 1.62 bits per heavy atom. The van der Waals surface area contributed by atoms with Crippen molar-refractivity contribution in [3.63, 3.8) is 0 Å². The number of hydrogen-bond acceptors (Lipinski definition) is 16. The third-order valence-electron chi connectivity index (χ3n) is 6.81. The highest BCUT2D eigenvalue weighted by Crippen LogP contribution is 2.29. The summed E-state index contributed by atoms with van der Waals surface area (Å²) in [6, 6.07) is 3.53. The normalized spacial score (nSPS) is 16.0. The summed E-state index contributed by atoms with van der Waals surface area (Å²) in [5.74, 6) is -6.39. The van der Waals surface area contributed by atoms with Gasteiger partial charge in [0.15, 0.2) is 36.6 Å². The number of fused-ring (bicyclic) bond motifs is 1. The molecule has 0 saturated carbocycles. The fraction of sp³-hybridized carbons (Fsp3) is 0.484. The number of carbonyl (C=O) groups is 7. The van der Waals surface area contributed by atoms with Crippen LogP contribution in [-0.4, -0.2) is 112 Å². The van der Waals surface area contributed by atoms with E-state index in [1.807, 2.05) is 0 Å². The summed E-state index contributed by atoms with van der Waals surface area (Å²) in [4.78, 5) is 99.1. The van der Waals surface area contributed by atoms with Crippen LogP contribution in [0.25, 0.3) is 11.0 Å². The lowest BCUT2D eigenvalue weighted by Crippen LogP contribution is -2.73. The van der Waals surface area contributed by atoms with Crippen molar-refractivity contribution in [2.45, 2.75) is 85.1 Å². The number of aromatic nitrogens is 2. The fourth-order valence-corrected chi connectivity index (χ4v) is 4.70. The molecule has 0 aliphatic carbocycles. The average Bonchev–Trinajstić information content (AvgIpc) is 3.53. The first-order chi connectivity index (χ1) is 23.5. The zero-order valence-electron chi connectivity index (χ0n) is 28.2. The molecule has 1 aliphatic rings. The van der Waals surface area contributed by atoms with Gasteiger partial charge in [-0.25, -0.2) is 29.3 Å². The van der Waals surface area contributed by atoms with Crippen LogP contribution < -0.4 is 10.3 Å². The van der Waals surface area contributed by atoms with Crippen LogP contribution in [0, 0.1) is 0 Å². The van der Waals surface area contributed by atoms with Gasteiger partial charge in [-0.3, -0.25) is 24.5 Å². The Labute approximate surface area is 294 Å². The van der Waals surface area contributed by atoms with E-state index < -0.39 is 78.3 Å². The Kier molecular flexibility index (Phi) is 13.7. The van der Waals surface area contributed by atoms with Crippen LogP contribution in [0.15, 0.2) is 29.0 Å². The van der Waals surface area contributed by atoms with Crippen LogP contribution in [0.2, 0.25) is 0 Å². The number of ether oxygens (including phenoxy) is 6. The van der Waals surface area contributed by atoms with Crippen molar-refractivity contribution in [2.75, 3.05) is 18.4 Å². The quantitative estimate of drug-likeness (QED) is 0.197. The maximum Gasteiger partial charge on any atom is 0.358 e. The number of guanidine groups is 1. The number of amides is 1. The lowest BCUT2D eigenvalue weighted by Gasteiger charge is -2.21. The molecule has 2 heterocycles. The largest absolute Gasteiger partial charge is 0.451 e. The highest BCUT2D eigenvalue weighted by atomic mass is 79.9. The van der Waals surface area contributed by atoms with Gasteiger partial charge in [-0.15, -0.1) is 0 Å². The minimum atomic E-state index is -1.54. The van der Waals surface area contributed by atoms with E-state index in [4.69, 9.17) is 23.7 Å². The smallest absolute Gasteiger partial charge is 0.358 e. The molecule has 50 heavy (non-hydrogen) atoms. The molecule has 19 heteroatoms. The van der Waals surface area contributed by atoms with E-state index in [2.05, 4.69) is 40.9 Å². The Bertz CT molecular complexity index is 1690. The number of halogens is 1. The second-order valence-electron chi connectivity index (χ2n) is 10.9. The van der Waals surface area contributed by atoms with E-state index in [1.54, 1.807) is 24.5 Å². The highest BCUT2D eigenvalue weighted by molar-refractivity contribution is 9.10. The Balaban J connectivity index is 1.47. The molecular formula is C31H37BrN5O13+. The average molecular weight is 768 g/mol. The predicted molar refractivity (Wildman–Crippen MR) is 172 cm³/mol. The summed E-state index contributed by atoms with van der Waals surface area (Å²) in [7, 11) is 0. The molecule has 18 nitrogen and oxygen atoms in total. The molecule has 0 unspecified atom stereocenters. The molecule has 1 aromatic carbocycles. The molecule has 3 rings (SSSR count). The molecule has 6 atom stereocenters. The van der Waals surface area contributed by atoms with Crippen LogP contribution in [-0.2, 0) is 62.0 Å². The van der Waals surface area contributed by atoms with E-state index in [0.29, 0.717) is 33.7 Å². The number of nitrogens with one attached hydrogen (secondary N) is 2.